The molecule has 1 aliphatic rings. The Morgan fingerprint density at radius 3 is 2.78 bits per heavy atom. The minimum atomic E-state index is -0.153. The third-order valence-corrected chi connectivity index (χ3v) is 4.49. The van der Waals surface area contributed by atoms with E-state index in [1.165, 1.54) is 12.8 Å². The van der Waals surface area contributed by atoms with E-state index in [2.05, 4.69) is 32.6 Å². The van der Waals surface area contributed by atoms with Crippen LogP contribution >= 0.6 is 22.6 Å². The zero-order valence-corrected chi connectivity index (χ0v) is 13.0. The molecule has 1 aromatic rings. The van der Waals surface area contributed by atoms with Crippen molar-refractivity contribution < 1.29 is 4.74 Å². The number of rotatable bonds is 4. The molecule has 1 saturated carbocycles. The van der Waals surface area contributed by atoms with Gasteiger partial charge < -0.3 is 9.72 Å². The molecular weight excluding hydrogens is 343 g/mol. The Kier molecular flexibility index (Phi) is 4.77. The van der Waals surface area contributed by atoms with Crippen LogP contribution in [0.25, 0.3) is 0 Å². The molecule has 0 aromatic carbocycles. The molecule has 2 rings (SSSR count). The average Bonchev–Trinajstić information content (AvgIpc) is 2.86. The smallest absolute Gasteiger partial charge is 0.264 e. The molecule has 0 radical (unpaired) electrons. The van der Waals surface area contributed by atoms with Gasteiger partial charge >= 0.3 is 0 Å². The van der Waals surface area contributed by atoms with Crippen molar-refractivity contribution in [3.8, 4) is 0 Å². The van der Waals surface area contributed by atoms with Crippen LogP contribution in [0.3, 0.4) is 0 Å². The van der Waals surface area contributed by atoms with Gasteiger partial charge in [-0.1, -0.05) is 12.8 Å². The quantitative estimate of drug-likeness (QED) is 0.838. The van der Waals surface area contributed by atoms with Crippen LogP contribution in [0.1, 0.15) is 63.1 Å². The van der Waals surface area contributed by atoms with Crippen LogP contribution in [0.2, 0.25) is 0 Å². The van der Waals surface area contributed by atoms with Crippen LogP contribution in [-0.4, -0.2) is 16.6 Å². The second-order valence-corrected chi connectivity index (χ2v) is 5.81. The zero-order valence-electron chi connectivity index (χ0n) is 10.8. The van der Waals surface area contributed by atoms with Gasteiger partial charge in [0.2, 0.25) is 0 Å². The van der Waals surface area contributed by atoms with Crippen molar-refractivity contribution in [2.75, 3.05) is 6.61 Å². The number of ether oxygens (including phenoxy) is 1. The van der Waals surface area contributed by atoms with Gasteiger partial charge in [0.05, 0.1) is 9.26 Å². The van der Waals surface area contributed by atoms with Gasteiger partial charge in [-0.05, 0) is 49.3 Å². The van der Waals surface area contributed by atoms with E-state index in [4.69, 9.17) is 4.74 Å². The van der Waals surface area contributed by atoms with Crippen molar-refractivity contribution in [2.24, 2.45) is 0 Å². The molecule has 1 aromatic heterocycles. The molecule has 1 unspecified atom stereocenters. The first-order valence-corrected chi connectivity index (χ1v) is 7.62. The highest BCUT2D eigenvalue weighted by Crippen LogP contribution is 2.34. The highest BCUT2D eigenvalue weighted by Gasteiger charge is 2.23. The van der Waals surface area contributed by atoms with Crippen molar-refractivity contribution in [1.29, 1.82) is 0 Å². The van der Waals surface area contributed by atoms with Gasteiger partial charge in [0.25, 0.3) is 5.56 Å². The molecule has 0 saturated heterocycles. The summed E-state index contributed by atoms with van der Waals surface area (Å²) in [6.45, 7) is 4.49. The fourth-order valence-electron chi connectivity index (χ4n) is 2.49. The Bertz CT molecular complexity index is 467. The van der Waals surface area contributed by atoms with E-state index in [1.807, 2.05) is 13.8 Å². The summed E-state index contributed by atoms with van der Waals surface area (Å²) in [5.74, 6) is 1.11. The summed E-state index contributed by atoms with van der Waals surface area (Å²) in [4.78, 5) is 19.4. The predicted molar refractivity (Wildman–Crippen MR) is 78.8 cm³/mol. The minimum Gasteiger partial charge on any atom is -0.371 e. The lowest BCUT2D eigenvalue weighted by molar-refractivity contribution is 0.0696. The van der Waals surface area contributed by atoms with Crippen molar-refractivity contribution in [3.05, 3.63) is 25.4 Å². The fourth-order valence-corrected chi connectivity index (χ4v) is 3.18. The van der Waals surface area contributed by atoms with Crippen LogP contribution in [0.4, 0.5) is 0 Å². The van der Waals surface area contributed by atoms with Crippen molar-refractivity contribution in [3.63, 3.8) is 0 Å². The predicted octanol–water partition coefficient (Wildman–Crippen LogP) is 3.13. The van der Waals surface area contributed by atoms with Crippen LogP contribution in [0, 0.1) is 3.57 Å². The summed E-state index contributed by atoms with van der Waals surface area (Å²) in [5, 5.41) is 0. The number of nitrogens with zero attached hydrogens (tertiary/aromatic N) is 1. The molecule has 0 spiro atoms. The van der Waals surface area contributed by atoms with E-state index in [0.717, 1.165) is 22.1 Å². The molecule has 1 atom stereocenters. The minimum absolute atomic E-state index is 0.0333. The summed E-state index contributed by atoms with van der Waals surface area (Å²) < 4.78 is 6.25. The number of aromatic amines is 1. The van der Waals surface area contributed by atoms with Crippen LogP contribution in [-0.2, 0) is 4.74 Å². The van der Waals surface area contributed by atoms with E-state index < -0.39 is 0 Å². The zero-order chi connectivity index (χ0) is 13.1. The molecule has 1 N–H and O–H groups in total. The summed E-state index contributed by atoms with van der Waals surface area (Å²) >= 11 is 2.11. The third-order valence-electron chi connectivity index (χ3n) is 3.45. The number of nitrogens with one attached hydrogen (secondary N) is 1. The summed E-state index contributed by atoms with van der Waals surface area (Å²) in [6, 6.07) is 0. The lowest BCUT2D eigenvalue weighted by Gasteiger charge is -2.15. The Labute approximate surface area is 121 Å². The van der Waals surface area contributed by atoms with Gasteiger partial charge in [-0.15, -0.1) is 0 Å². The second-order valence-electron chi connectivity index (χ2n) is 4.73. The van der Waals surface area contributed by atoms with E-state index >= 15 is 0 Å². The van der Waals surface area contributed by atoms with Gasteiger partial charge in [-0.2, -0.15) is 0 Å². The molecule has 1 fully saturated rings. The maximum atomic E-state index is 12.0. The molecular formula is C13H19IN2O2. The molecule has 1 heterocycles. The normalized spacial score (nSPS) is 18.2. The van der Waals surface area contributed by atoms with Gasteiger partial charge in [0, 0.05) is 12.5 Å². The SMILES string of the molecule is CCOC(C)c1nc(C2CCCC2)c(I)c(=O)[nH]1. The topological polar surface area (TPSA) is 55.0 Å². The average molecular weight is 362 g/mol. The third kappa shape index (κ3) is 2.93. The first-order chi connectivity index (χ1) is 8.63. The molecule has 4 nitrogen and oxygen atoms in total. The summed E-state index contributed by atoms with van der Waals surface area (Å²) in [5.41, 5.74) is 0.937. The summed E-state index contributed by atoms with van der Waals surface area (Å²) in [7, 11) is 0. The van der Waals surface area contributed by atoms with Crippen LogP contribution < -0.4 is 5.56 Å². The van der Waals surface area contributed by atoms with Gasteiger partial charge in [0.15, 0.2) is 0 Å². The van der Waals surface area contributed by atoms with Gasteiger partial charge in [-0.25, -0.2) is 4.98 Å². The lowest BCUT2D eigenvalue weighted by atomic mass is 10.0. The molecule has 0 bridgehead atoms. The maximum Gasteiger partial charge on any atom is 0.264 e. The highest BCUT2D eigenvalue weighted by atomic mass is 127. The largest absolute Gasteiger partial charge is 0.371 e. The first-order valence-electron chi connectivity index (χ1n) is 6.54. The Morgan fingerprint density at radius 2 is 2.17 bits per heavy atom. The Morgan fingerprint density at radius 1 is 1.50 bits per heavy atom. The monoisotopic (exact) mass is 362 g/mol. The number of aromatic nitrogens is 2. The standard InChI is InChI=1S/C13H19IN2O2/c1-3-18-8(2)12-15-11(9-6-4-5-7-9)10(14)13(17)16-12/h8-9H,3-7H2,1-2H3,(H,15,16,17). The van der Waals surface area contributed by atoms with E-state index in [1.54, 1.807) is 0 Å². The Hall–Kier alpha value is -0.430. The molecule has 0 aliphatic heterocycles. The lowest BCUT2D eigenvalue weighted by Crippen LogP contribution is -2.21. The van der Waals surface area contributed by atoms with Crippen LogP contribution in [0.5, 0.6) is 0 Å². The molecule has 18 heavy (non-hydrogen) atoms. The molecule has 1 aliphatic carbocycles. The van der Waals surface area contributed by atoms with E-state index in [-0.39, 0.29) is 11.7 Å². The maximum absolute atomic E-state index is 12.0. The van der Waals surface area contributed by atoms with Crippen molar-refractivity contribution in [2.45, 2.75) is 51.6 Å². The molecule has 5 heteroatoms. The van der Waals surface area contributed by atoms with Crippen molar-refractivity contribution in [1.82, 2.24) is 9.97 Å². The van der Waals surface area contributed by atoms with Crippen LogP contribution in [0.15, 0.2) is 4.79 Å². The number of H-pyrrole nitrogens is 1. The van der Waals surface area contributed by atoms with Gasteiger partial charge in [-0.3, -0.25) is 4.79 Å². The van der Waals surface area contributed by atoms with E-state index in [0.29, 0.717) is 18.3 Å². The fraction of sp³-hybridized carbons (Fsp3) is 0.692. The highest BCUT2D eigenvalue weighted by molar-refractivity contribution is 14.1. The second kappa shape index (κ2) is 6.14. The summed E-state index contributed by atoms with van der Waals surface area (Å²) in [6.07, 6.45) is 4.63. The number of hydrogen-bond acceptors (Lipinski definition) is 3. The van der Waals surface area contributed by atoms with Gasteiger partial charge in [0.1, 0.15) is 11.9 Å². The molecule has 100 valence electrons. The number of hydrogen-bond donors (Lipinski definition) is 1. The van der Waals surface area contributed by atoms with Crippen molar-refractivity contribution >= 4 is 22.6 Å². The first kappa shape index (κ1) is 14.0. The number of halogens is 1. The molecule has 0 amide bonds. The Balaban J connectivity index is 2.36. The van der Waals surface area contributed by atoms with E-state index in [9.17, 15) is 4.79 Å².